The van der Waals surface area contributed by atoms with Crippen LogP contribution < -0.4 is 5.32 Å². The maximum atomic E-state index is 12.1. The second kappa shape index (κ2) is 4.99. The van der Waals surface area contributed by atoms with Gasteiger partial charge in [-0.15, -0.1) is 11.3 Å². The van der Waals surface area contributed by atoms with Crippen molar-refractivity contribution >= 4 is 46.6 Å². The molecule has 2 amide bonds. The number of carbonyl (C=O) groups excluding carboxylic acids is 2. The molecule has 94 valence electrons. The predicted molar refractivity (Wildman–Crippen MR) is 75.2 cm³/mol. The number of nitrogens with one attached hydrogen (secondary N) is 1. The minimum absolute atomic E-state index is 0.132. The van der Waals surface area contributed by atoms with Crippen LogP contribution in [0.4, 0.5) is 0 Å². The summed E-state index contributed by atoms with van der Waals surface area (Å²) in [4.78, 5) is 27.3. The minimum atomic E-state index is -0.430. The van der Waals surface area contributed by atoms with Crippen molar-refractivity contribution in [1.29, 1.82) is 0 Å². The lowest BCUT2D eigenvalue weighted by Gasteiger charge is -2.27. The molecule has 0 spiro atoms. The Morgan fingerprint density at radius 1 is 1.44 bits per heavy atom. The maximum Gasteiger partial charge on any atom is 0.265 e. The van der Waals surface area contributed by atoms with E-state index in [9.17, 15) is 9.59 Å². The van der Waals surface area contributed by atoms with Crippen LogP contribution in [0, 0.1) is 6.92 Å². The molecule has 6 heteroatoms. The maximum absolute atomic E-state index is 12.1. The molecule has 1 saturated heterocycles. The molecular weight excluding hydrogens is 268 g/mol. The fraction of sp³-hybridized carbons (Fsp3) is 0.250. The Hall–Kier alpha value is -1.53. The number of hydrogen-bond acceptors (Lipinski definition) is 4. The van der Waals surface area contributed by atoms with Gasteiger partial charge in [-0.1, -0.05) is 0 Å². The van der Waals surface area contributed by atoms with Gasteiger partial charge in [0.15, 0.2) is 5.11 Å². The molecule has 0 aliphatic carbocycles. The van der Waals surface area contributed by atoms with E-state index in [1.54, 1.807) is 6.08 Å². The summed E-state index contributed by atoms with van der Waals surface area (Å²) < 4.78 is 0. The summed E-state index contributed by atoms with van der Waals surface area (Å²) in [6.45, 7) is 4.23. The SMILES string of the molecule is CCN1C(=O)/C(=C/c2ccc(C)s2)C(=O)NC1=S. The molecular formula is C12H12N2O2S2. The van der Waals surface area contributed by atoms with Crippen LogP contribution in [0.2, 0.25) is 0 Å². The van der Waals surface area contributed by atoms with Crippen molar-refractivity contribution in [2.45, 2.75) is 13.8 Å². The molecule has 1 fully saturated rings. The first-order valence-electron chi connectivity index (χ1n) is 5.48. The highest BCUT2D eigenvalue weighted by atomic mass is 32.1. The largest absolute Gasteiger partial charge is 0.298 e. The highest BCUT2D eigenvalue weighted by molar-refractivity contribution is 7.80. The van der Waals surface area contributed by atoms with Gasteiger partial charge in [0.1, 0.15) is 5.57 Å². The Morgan fingerprint density at radius 3 is 2.72 bits per heavy atom. The Morgan fingerprint density at radius 2 is 2.17 bits per heavy atom. The van der Waals surface area contributed by atoms with Crippen molar-refractivity contribution in [3.05, 3.63) is 27.5 Å². The summed E-state index contributed by atoms with van der Waals surface area (Å²) in [5, 5.41) is 2.69. The van der Waals surface area contributed by atoms with Gasteiger partial charge in [0.25, 0.3) is 11.8 Å². The molecule has 0 atom stereocenters. The van der Waals surface area contributed by atoms with Gasteiger partial charge in [0.2, 0.25) is 0 Å². The highest BCUT2D eigenvalue weighted by Crippen LogP contribution is 2.20. The Kier molecular flexibility index (Phi) is 3.58. The third-order valence-corrected chi connectivity index (χ3v) is 3.82. The third kappa shape index (κ3) is 2.34. The van der Waals surface area contributed by atoms with Crippen LogP contribution in [0.15, 0.2) is 17.7 Å². The van der Waals surface area contributed by atoms with E-state index in [2.05, 4.69) is 5.32 Å². The van der Waals surface area contributed by atoms with Crippen LogP contribution in [0.25, 0.3) is 6.08 Å². The number of thiophene rings is 1. The number of nitrogens with zero attached hydrogens (tertiary/aromatic N) is 1. The fourth-order valence-corrected chi connectivity index (χ4v) is 2.78. The van der Waals surface area contributed by atoms with Crippen LogP contribution in [-0.4, -0.2) is 28.4 Å². The Balaban J connectivity index is 2.37. The predicted octanol–water partition coefficient (Wildman–Crippen LogP) is 1.70. The van der Waals surface area contributed by atoms with E-state index in [0.717, 1.165) is 9.75 Å². The molecule has 1 aromatic rings. The monoisotopic (exact) mass is 280 g/mol. The van der Waals surface area contributed by atoms with Crippen molar-refractivity contribution in [3.63, 3.8) is 0 Å². The Bertz CT molecular complexity index is 560. The first-order valence-corrected chi connectivity index (χ1v) is 6.70. The molecule has 0 unspecified atom stereocenters. The minimum Gasteiger partial charge on any atom is -0.298 e. The van der Waals surface area contributed by atoms with Crippen molar-refractivity contribution in [1.82, 2.24) is 10.2 Å². The fourth-order valence-electron chi connectivity index (χ4n) is 1.65. The summed E-state index contributed by atoms with van der Waals surface area (Å²) in [6.07, 6.45) is 1.61. The van der Waals surface area contributed by atoms with E-state index >= 15 is 0 Å². The summed E-state index contributed by atoms with van der Waals surface area (Å²) in [7, 11) is 0. The number of amides is 2. The number of thiocarbonyl (C=S) groups is 1. The molecule has 0 bridgehead atoms. The molecule has 0 radical (unpaired) electrons. The number of aryl methyl sites for hydroxylation is 1. The first kappa shape index (κ1) is 12.9. The van der Waals surface area contributed by atoms with Gasteiger partial charge >= 0.3 is 0 Å². The van der Waals surface area contributed by atoms with E-state index in [1.165, 1.54) is 16.2 Å². The smallest absolute Gasteiger partial charge is 0.265 e. The lowest BCUT2D eigenvalue weighted by Crippen LogP contribution is -2.53. The zero-order chi connectivity index (χ0) is 13.3. The normalized spacial score (nSPS) is 18.4. The standard InChI is InChI=1S/C12H12N2O2S2/c1-3-14-11(16)9(10(15)13-12(14)17)6-8-5-4-7(2)18-8/h4-6H,3H2,1-2H3,(H,13,15,17)/b9-6+. The van der Waals surface area contributed by atoms with Gasteiger partial charge < -0.3 is 0 Å². The molecule has 1 aliphatic rings. The topological polar surface area (TPSA) is 49.4 Å². The zero-order valence-corrected chi connectivity index (χ0v) is 11.7. The summed E-state index contributed by atoms with van der Waals surface area (Å²) >= 11 is 6.49. The molecule has 4 nitrogen and oxygen atoms in total. The lowest BCUT2D eigenvalue weighted by atomic mass is 10.1. The van der Waals surface area contributed by atoms with Crippen molar-refractivity contribution in [3.8, 4) is 0 Å². The molecule has 1 aromatic heterocycles. The van der Waals surface area contributed by atoms with E-state index in [-0.39, 0.29) is 16.6 Å². The number of rotatable bonds is 2. The van der Waals surface area contributed by atoms with Crippen molar-refractivity contribution < 1.29 is 9.59 Å². The number of likely N-dealkylation sites (N-methyl/N-ethyl adjacent to an activating group) is 1. The van der Waals surface area contributed by atoms with E-state index < -0.39 is 5.91 Å². The van der Waals surface area contributed by atoms with Gasteiger partial charge in [0, 0.05) is 16.3 Å². The van der Waals surface area contributed by atoms with Crippen LogP contribution in [0.1, 0.15) is 16.7 Å². The van der Waals surface area contributed by atoms with Crippen LogP contribution in [0.5, 0.6) is 0 Å². The quantitative estimate of drug-likeness (QED) is 0.509. The molecule has 1 N–H and O–H groups in total. The van der Waals surface area contributed by atoms with E-state index in [4.69, 9.17) is 12.2 Å². The zero-order valence-electron chi connectivity index (χ0n) is 10.0. The van der Waals surface area contributed by atoms with E-state index in [0.29, 0.717) is 6.54 Å². The second-order valence-electron chi connectivity index (χ2n) is 3.82. The van der Waals surface area contributed by atoms with Crippen LogP contribution >= 0.6 is 23.6 Å². The van der Waals surface area contributed by atoms with Gasteiger partial charge in [-0.3, -0.25) is 19.8 Å². The molecule has 2 rings (SSSR count). The summed E-state index contributed by atoms with van der Waals surface area (Å²) in [6, 6.07) is 3.83. The van der Waals surface area contributed by atoms with Crippen LogP contribution in [0.3, 0.4) is 0 Å². The molecule has 2 heterocycles. The third-order valence-electron chi connectivity index (χ3n) is 2.55. The lowest BCUT2D eigenvalue weighted by molar-refractivity contribution is -0.128. The number of hydrogen-bond donors (Lipinski definition) is 1. The summed E-state index contributed by atoms with van der Waals surface area (Å²) in [5.41, 5.74) is 0.132. The second-order valence-corrected chi connectivity index (χ2v) is 5.52. The highest BCUT2D eigenvalue weighted by Gasteiger charge is 2.32. The molecule has 1 aliphatic heterocycles. The van der Waals surface area contributed by atoms with Gasteiger partial charge in [-0.2, -0.15) is 0 Å². The Labute approximate surface area is 114 Å². The molecule has 0 aromatic carbocycles. The first-order chi connectivity index (χ1) is 8.52. The van der Waals surface area contributed by atoms with Gasteiger partial charge in [0.05, 0.1) is 0 Å². The summed E-state index contributed by atoms with van der Waals surface area (Å²) in [5.74, 6) is -0.766. The average Bonchev–Trinajstić information content (AvgIpc) is 2.70. The van der Waals surface area contributed by atoms with Crippen molar-refractivity contribution in [2.75, 3.05) is 6.54 Å². The van der Waals surface area contributed by atoms with E-state index in [1.807, 2.05) is 26.0 Å². The molecule has 0 saturated carbocycles. The van der Waals surface area contributed by atoms with Crippen molar-refractivity contribution in [2.24, 2.45) is 0 Å². The molecule has 18 heavy (non-hydrogen) atoms. The average molecular weight is 280 g/mol. The number of carbonyl (C=O) groups is 2. The van der Waals surface area contributed by atoms with Crippen LogP contribution in [-0.2, 0) is 9.59 Å². The van der Waals surface area contributed by atoms with Gasteiger partial charge in [-0.05, 0) is 44.3 Å². The van der Waals surface area contributed by atoms with Gasteiger partial charge in [-0.25, -0.2) is 0 Å².